The predicted octanol–water partition coefficient (Wildman–Crippen LogP) is 2.96. The highest BCUT2D eigenvalue weighted by molar-refractivity contribution is 5.70. The van der Waals surface area contributed by atoms with Crippen LogP contribution in [-0.4, -0.2) is 36.1 Å². The van der Waals surface area contributed by atoms with Gasteiger partial charge in [0, 0.05) is 13.1 Å². The number of likely N-dealkylation sites (N-methyl/N-ethyl adjacent to an activating group) is 1. The smallest absolute Gasteiger partial charge is 0.419 e. The monoisotopic (exact) mass is 305 g/mol. The molecule has 0 spiro atoms. The Balaban J connectivity index is 2.25. The minimum atomic E-state index is -4.73. The molecule has 1 aliphatic rings. The van der Waals surface area contributed by atoms with E-state index in [1.807, 2.05) is 0 Å². The number of hydrogen-bond donors (Lipinski definition) is 1. The summed E-state index contributed by atoms with van der Waals surface area (Å²) in [4.78, 5) is 12.9. The molecule has 0 bridgehead atoms. The Kier molecular flexibility index (Phi) is 4.22. The van der Waals surface area contributed by atoms with E-state index in [-0.39, 0.29) is 5.92 Å². The van der Waals surface area contributed by atoms with Crippen LogP contribution in [0, 0.1) is 11.7 Å². The molecule has 0 saturated carbocycles. The predicted molar refractivity (Wildman–Crippen MR) is 67.4 cm³/mol. The molecule has 7 heteroatoms. The maximum absolute atomic E-state index is 13.6. The van der Waals surface area contributed by atoms with E-state index in [2.05, 4.69) is 0 Å². The van der Waals surface area contributed by atoms with E-state index in [0.29, 0.717) is 25.1 Å². The van der Waals surface area contributed by atoms with E-state index < -0.39 is 29.4 Å². The second kappa shape index (κ2) is 5.63. The molecule has 0 aliphatic carbocycles. The first-order valence-electron chi connectivity index (χ1n) is 6.46. The number of likely N-dealkylation sites (tertiary alicyclic amines) is 1. The average molecular weight is 305 g/mol. The number of carbonyl (C=O) groups is 1. The lowest BCUT2D eigenvalue weighted by Gasteiger charge is -2.34. The fraction of sp³-hybridized carbons (Fsp3) is 0.500. The summed E-state index contributed by atoms with van der Waals surface area (Å²) in [6.07, 6.45) is -4.43. The summed E-state index contributed by atoms with van der Waals surface area (Å²) in [7, 11) is 1.74. The van der Waals surface area contributed by atoms with E-state index in [4.69, 9.17) is 5.11 Å². The average Bonchev–Trinajstić information content (AvgIpc) is 2.36. The summed E-state index contributed by atoms with van der Waals surface area (Å²) in [6.45, 7) is 0.879. The molecule has 0 radical (unpaired) electrons. The topological polar surface area (TPSA) is 40.5 Å². The van der Waals surface area contributed by atoms with Crippen LogP contribution in [0.4, 0.5) is 17.6 Å². The van der Waals surface area contributed by atoms with Crippen molar-refractivity contribution in [2.75, 3.05) is 20.1 Å². The molecule has 1 aromatic carbocycles. The van der Waals surface area contributed by atoms with Crippen LogP contribution in [0.25, 0.3) is 0 Å². The molecule has 1 aromatic rings. The van der Waals surface area contributed by atoms with Crippen LogP contribution >= 0.6 is 0 Å². The lowest BCUT2D eigenvalue weighted by Crippen LogP contribution is -2.40. The van der Waals surface area contributed by atoms with Crippen LogP contribution in [0.1, 0.15) is 23.5 Å². The van der Waals surface area contributed by atoms with Crippen LogP contribution in [0.2, 0.25) is 0 Å². The summed E-state index contributed by atoms with van der Waals surface area (Å²) >= 11 is 0. The van der Waals surface area contributed by atoms with Crippen molar-refractivity contribution in [2.24, 2.45) is 5.92 Å². The van der Waals surface area contributed by atoms with Gasteiger partial charge in [0.25, 0.3) is 0 Å². The Morgan fingerprint density at radius 3 is 2.52 bits per heavy atom. The Hall–Kier alpha value is -1.63. The molecule has 116 valence electrons. The van der Waals surface area contributed by atoms with Crippen LogP contribution in [0.3, 0.4) is 0 Å². The van der Waals surface area contributed by atoms with Gasteiger partial charge in [0.2, 0.25) is 0 Å². The van der Waals surface area contributed by atoms with Crippen LogP contribution in [0.5, 0.6) is 0 Å². The minimum Gasteiger partial charge on any atom is -0.481 e. The number of nitrogens with zero attached hydrogens (tertiary/aromatic N) is 1. The molecule has 0 aromatic heterocycles. The van der Waals surface area contributed by atoms with Gasteiger partial charge in [-0.15, -0.1) is 0 Å². The quantitative estimate of drug-likeness (QED) is 0.854. The number of carboxylic acid groups (broad SMARTS) is 1. The highest BCUT2D eigenvalue weighted by atomic mass is 19.4. The van der Waals surface area contributed by atoms with Gasteiger partial charge in [-0.05, 0) is 37.1 Å². The molecule has 21 heavy (non-hydrogen) atoms. The Morgan fingerprint density at radius 2 is 2.00 bits per heavy atom. The molecule has 2 rings (SSSR count). The molecule has 1 aliphatic heterocycles. The van der Waals surface area contributed by atoms with Gasteiger partial charge in [-0.1, -0.05) is 6.07 Å². The number of hydrogen-bond acceptors (Lipinski definition) is 2. The third kappa shape index (κ3) is 3.53. The summed E-state index contributed by atoms with van der Waals surface area (Å²) in [5.74, 6) is -3.15. The van der Waals surface area contributed by atoms with Gasteiger partial charge in [-0.2, -0.15) is 13.2 Å². The summed E-state index contributed by atoms with van der Waals surface area (Å²) < 4.78 is 51.2. The first-order chi connectivity index (χ1) is 9.68. The zero-order chi connectivity index (χ0) is 15.8. The molecule has 1 fully saturated rings. The second-order valence-electron chi connectivity index (χ2n) is 5.43. The van der Waals surface area contributed by atoms with Crippen molar-refractivity contribution in [1.82, 2.24) is 4.90 Å². The van der Waals surface area contributed by atoms with Crippen molar-refractivity contribution in [3.05, 3.63) is 35.1 Å². The number of alkyl halides is 3. The normalized spacial score (nSPS) is 24.0. The van der Waals surface area contributed by atoms with Crippen LogP contribution < -0.4 is 0 Å². The number of carboxylic acids is 1. The Labute approximate surface area is 119 Å². The highest BCUT2D eigenvalue weighted by Gasteiger charge is 2.35. The van der Waals surface area contributed by atoms with E-state index in [1.54, 1.807) is 11.9 Å². The van der Waals surface area contributed by atoms with Crippen molar-refractivity contribution in [1.29, 1.82) is 0 Å². The van der Waals surface area contributed by atoms with Gasteiger partial charge in [0.05, 0.1) is 11.5 Å². The first-order valence-corrected chi connectivity index (χ1v) is 6.46. The number of aliphatic carboxylic acids is 1. The minimum absolute atomic E-state index is 0.290. The summed E-state index contributed by atoms with van der Waals surface area (Å²) in [5, 5.41) is 9.08. The summed E-state index contributed by atoms with van der Waals surface area (Å²) in [5.41, 5.74) is -0.900. The molecule has 2 atom stereocenters. The van der Waals surface area contributed by atoms with E-state index in [9.17, 15) is 22.4 Å². The SMILES string of the molecule is CN1CC(C(=O)O)CC(c2ccc(C(F)(F)F)c(F)c2)C1. The molecule has 0 amide bonds. The van der Waals surface area contributed by atoms with Crippen molar-refractivity contribution in [3.8, 4) is 0 Å². The van der Waals surface area contributed by atoms with Crippen molar-refractivity contribution in [2.45, 2.75) is 18.5 Å². The Morgan fingerprint density at radius 1 is 1.33 bits per heavy atom. The lowest BCUT2D eigenvalue weighted by molar-refractivity contribution is -0.143. The Bertz CT molecular complexity index is 544. The highest BCUT2D eigenvalue weighted by Crippen LogP contribution is 2.35. The third-order valence-electron chi connectivity index (χ3n) is 3.75. The molecular weight excluding hydrogens is 290 g/mol. The first kappa shape index (κ1) is 15.8. The van der Waals surface area contributed by atoms with Gasteiger partial charge in [0.1, 0.15) is 5.82 Å². The van der Waals surface area contributed by atoms with Crippen molar-refractivity contribution < 1.29 is 27.5 Å². The maximum Gasteiger partial charge on any atom is 0.419 e. The molecular formula is C14H15F4NO2. The van der Waals surface area contributed by atoms with Gasteiger partial charge in [0.15, 0.2) is 0 Å². The van der Waals surface area contributed by atoms with Crippen molar-refractivity contribution in [3.63, 3.8) is 0 Å². The molecule has 3 nitrogen and oxygen atoms in total. The van der Waals surface area contributed by atoms with E-state index in [0.717, 1.165) is 12.1 Å². The number of benzene rings is 1. The zero-order valence-corrected chi connectivity index (χ0v) is 11.3. The van der Waals surface area contributed by atoms with Gasteiger partial charge in [-0.3, -0.25) is 4.79 Å². The lowest BCUT2D eigenvalue weighted by atomic mass is 9.84. The van der Waals surface area contributed by atoms with E-state index in [1.165, 1.54) is 6.07 Å². The van der Waals surface area contributed by atoms with Gasteiger partial charge >= 0.3 is 12.1 Å². The maximum atomic E-state index is 13.6. The molecule has 2 unspecified atom stereocenters. The van der Waals surface area contributed by atoms with Gasteiger partial charge in [-0.25, -0.2) is 4.39 Å². The zero-order valence-electron chi connectivity index (χ0n) is 11.3. The number of halogens is 4. The van der Waals surface area contributed by atoms with Crippen LogP contribution in [0.15, 0.2) is 18.2 Å². The third-order valence-corrected chi connectivity index (χ3v) is 3.75. The molecule has 1 saturated heterocycles. The number of piperidine rings is 1. The largest absolute Gasteiger partial charge is 0.481 e. The standard InChI is InChI=1S/C14H15F4NO2/c1-19-6-9(4-10(7-19)13(20)21)8-2-3-11(12(15)5-8)14(16,17)18/h2-3,5,9-10H,4,6-7H2,1H3,(H,20,21). The second-order valence-corrected chi connectivity index (χ2v) is 5.43. The molecule has 1 heterocycles. The summed E-state index contributed by atoms with van der Waals surface area (Å²) in [6, 6.07) is 2.81. The van der Waals surface area contributed by atoms with Gasteiger partial charge < -0.3 is 10.0 Å². The fourth-order valence-corrected chi connectivity index (χ4v) is 2.76. The number of rotatable bonds is 2. The molecule has 1 N–H and O–H groups in total. The van der Waals surface area contributed by atoms with Crippen molar-refractivity contribution >= 4 is 5.97 Å². The van der Waals surface area contributed by atoms with E-state index >= 15 is 0 Å². The fourth-order valence-electron chi connectivity index (χ4n) is 2.76. The van der Waals surface area contributed by atoms with Crippen LogP contribution in [-0.2, 0) is 11.0 Å².